The van der Waals surface area contributed by atoms with E-state index < -0.39 is 0 Å². The molecule has 0 N–H and O–H groups in total. The number of benzene rings is 1. The molecule has 164 valence electrons. The van der Waals surface area contributed by atoms with Crippen molar-refractivity contribution in [3.63, 3.8) is 0 Å². The van der Waals surface area contributed by atoms with Gasteiger partial charge in [-0.3, -0.25) is 0 Å². The van der Waals surface area contributed by atoms with Crippen molar-refractivity contribution in [1.82, 2.24) is 0 Å². The summed E-state index contributed by atoms with van der Waals surface area (Å²) in [4.78, 5) is 2.15. The van der Waals surface area contributed by atoms with Crippen LogP contribution in [0.2, 0.25) is 0 Å². The average molecular weight is 431 g/mol. The fourth-order valence-corrected chi connectivity index (χ4v) is 4.38. The molecular weight excluding hydrogens is 396 g/mol. The Labute approximate surface area is 185 Å². The Balaban J connectivity index is 2.66. The van der Waals surface area contributed by atoms with Gasteiger partial charge in [-0.25, -0.2) is 0 Å². The topological polar surface area (TPSA) is 36.9 Å². The molecule has 0 atom stereocenters. The van der Waals surface area contributed by atoms with Crippen molar-refractivity contribution in [1.29, 1.82) is 0 Å². The van der Waals surface area contributed by atoms with Crippen LogP contribution in [0.1, 0.15) is 52.8 Å². The predicted molar refractivity (Wildman–Crippen MR) is 126 cm³/mol. The molecule has 0 bridgehead atoms. The van der Waals surface area contributed by atoms with Gasteiger partial charge < -0.3 is 18.9 Å². The van der Waals surface area contributed by atoms with Crippen molar-refractivity contribution in [3.05, 3.63) is 52.8 Å². The first-order chi connectivity index (χ1) is 14.4. The van der Waals surface area contributed by atoms with Crippen LogP contribution in [0.3, 0.4) is 0 Å². The molecule has 4 nitrogen and oxygen atoms in total. The van der Waals surface area contributed by atoms with Crippen LogP contribution in [-0.2, 0) is 9.47 Å². The second-order valence-electron chi connectivity index (χ2n) is 7.34. The fraction of sp³-hybridized carbons (Fsp3) is 0.440. The number of rotatable bonds is 10. The highest BCUT2D eigenvalue weighted by atomic mass is 32.1. The Morgan fingerprint density at radius 1 is 1.00 bits per heavy atom. The van der Waals surface area contributed by atoms with Gasteiger partial charge >= 0.3 is 0 Å². The summed E-state index contributed by atoms with van der Waals surface area (Å²) in [7, 11) is 3.38. The van der Waals surface area contributed by atoms with Gasteiger partial charge in [-0.1, -0.05) is 13.0 Å². The summed E-state index contributed by atoms with van der Waals surface area (Å²) in [6.07, 6.45) is 2.91. The van der Waals surface area contributed by atoms with Gasteiger partial charge in [-0.15, -0.1) is 11.3 Å². The lowest BCUT2D eigenvalue weighted by atomic mass is 10.1. The lowest BCUT2D eigenvalue weighted by molar-refractivity contribution is 0.142. The molecule has 0 fully saturated rings. The van der Waals surface area contributed by atoms with Crippen molar-refractivity contribution in [3.8, 4) is 21.9 Å². The first-order valence-electron chi connectivity index (χ1n) is 10.4. The van der Waals surface area contributed by atoms with E-state index in [1.54, 1.807) is 25.6 Å². The van der Waals surface area contributed by atoms with Gasteiger partial charge in [0.05, 0.1) is 37.6 Å². The summed E-state index contributed by atoms with van der Waals surface area (Å²) in [5.74, 6) is 3.33. The van der Waals surface area contributed by atoms with Crippen LogP contribution in [0.4, 0.5) is 0 Å². The number of allylic oxidation sites excluding steroid dienone is 3. The van der Waals surface area contributed by atoms with Gasteiger partial charge in [0, 0.05) is 16.2 Å². The molecular formula is C25H34O4S. The van der Waals surface area contributed by atoms with E-state index in [1.807, 2.05) is 58.9 Å². The summed E-state index contributed by atoms with van der Waals surface area (Å²) in [5.41, 5.74) is 1.96. The molecule has 0 amide bonds. The third-order valence-electron chi connectivity index (χ3n) is 4.38. The van der Waals surface area contributed by atoms with E-state index in [4.69, 9.17) is 18.9 Å². The molecule has 30 heavy (non-hydrogen) atoms. The number of methoxy groups -OCH3 is 2. The van der Waals surface area contributed by atoms with Gasteiger partial charge in [0.25, 0.3) is 0 Å². The molecule has 0 aliphatic carbocycles. The van der Waals surface area contributed by atoms with Gasteiger partial charge in [0.1, 0.15) is 23.0 Å². The molecule has 0 spiro atoms. The van der Waals surface area contributed by atoms with Gasteiger partial charge in [-0.2, -0.15) is 0 Å². The highest BCUT2D eigenvalue weighted by molar-refractivity contribution is 7.16. The van der Waals surface area contributed by atoms with Gasteiger partial charge in [0.2, 0.25) is 0 Å². The Hall–Kier alpha value is -2.40. The third kappa shape index (κ3) is 5.60. The molecule has 0 saturated heterocycles. The summed E-state index contributed by atoms with van der Waals surface area (Å²) in [5, 5.41) is 0. The Bertz CT molecular complexity index is 890. The summed E-state index contributed by atoms with van der Waals surface area (Å²) in [6, 6.07) is 10.1. The van der Waals surface area contributed by atoms with Crippen molar-refractivity contribution in [2.45, 2.75) is 60.2 Å². The van der Waals surface area contributed by atoms with E-state index in [1.165, 1.54) is 0 Å². The predicted octanol–water partition coefficient (Wildman–Crippen LogP) is 7.31. The third-order valence-corrected chi connectivity index (χ3v) is 5.50. The summed E-state index contributed by atoms with van der Waals surface area (Å²) >= 11 is 1.68. The molecule has 0 aliphatic heterocycles. The Kier molecular flexibility index (Phi) is 8.85. The Morgan fingerprint density at radius 2 is 1.70 bits per heavy atom. The maximum atomic E-state index is 6.15. The molecule has 1 aromatic heterocycles. The minimum atomic E-state index is 0.0694. The van der Waals surface area contributed by atoms with Crippen LogP contribution in [0.25, 0.3) is 16.0 Å². The standard InChI is InChI=1S/C25H34O4S/c1-9-18(26-7)24(19(10-2)28-16(3)4)22-14-15-23(30-22)25-20(27-8)12-11-13-21(25)29-17(5)6/h9,11-17H,10H2,1-8H3. The van der Waals surface area contributed by atoms with E-state index in [9.17, 15) is 0 Å². The summed E-state index contributed by atoms with van der Waals surface area (Å²) < 4.78 is 23.6. The zero-order valence-corrected chi connectivity index (χ0v) is 20.2. The molecule has 2 aromatic rings. The highest BCUT2D eigenvalue weighted by Gasteiger charge is 2.21. The number of hydrogen-bond donors (Lipinski definition) is 0. The monoisotopic (exact) mass is 430 g/mol. The van der Waals surface area contributed by atoms with Crippen LogP contribution in [-0.4, -0.2) is 26.4 Å². The van der Waals surface area contributed by atoms with E-state index in [2.05, 4.69) is 19.1 Å². The van der Waals surface area contributed by atoms with E-state index in [0.29, 0.717) is 0 Å². The van der Waals surface area contributed by atoms with Gasteiger partial charge in [-0.05, 0) is 65.0 Å². The minimum Gasteiger partial charge on any atom is -0.496 e. The van der Waals surface area contributed by atoms with Crippen molar-refractivity contribution in [2.24, 2.45) is 0 Å². The number of thiophene rings is 1. The number of hydrogen-bond acceptors (Lipinski definition) is 5. The lowest BCUT2D eigenvalue weighted by Crippen LogP contribution is -2.06. The summed E-state index contributed by atoms with van der Waals surface area (Å²) in [6.45, 7) is 12.2. The molecule has 0 radical (unpaired) electrons. The van der Waals surface area contributed by atoms with E-state index in [0.717, 1.165) is 50.3 Å². The minimum absolute atomic E-state index is 0.0694. The SMILES string of the molecule is CC=C(OC)C(=C(CC)OC(C)C)c1ccc(-c2c(OC)cccc2OC(C)C)s1. The molecule has 1 heterocycles. The van der Waals surface area contributed by atoms with Crippen LogP contribution < -0.4 is 9.47 Å². The maximum Gasteiger partial charge on any atom is 0.132 e. The van der Waals surface area contributed by atoms with Crippen molar-refractivity contribution < 1.29 is 18.9 Å². The van der Waals surface area contributed by atoms with Crippen LogP contribution in [0.15, 0.2) is 47.9 Å². The second-order valence-corrected chi connectivity index (χ2v) is 8.42. The largest absolute Gasteiger partial charge is 0.496 e. The average Bonchev–Trinajstić information content (AvgIpc) is 3.18. The molecule has 2 rings (SSSR count). The molecule has 0 unspecified atom stereocenters. The first kappa shape index (κ1) is 23.9. The highest BCUT2D eigenvalue weighted by Crippen LogP contribution is 2.45. The van der Waals surface area contributed by atoms with Crippen molar-refractivity contribution >= 4 is 16.9 Å². The molecule has 1 aromatic carbocycles. The van der Waals surface area contributed by atoms with Crippen LogP contribution in [0.5, 0.6) is 11.5 Å². The van der Waals surface area contributed by atoms with Crippen LogP contribution in [0, 0.1) is 0 Å². The van der Waals surface area contributed by atoms with Crippen LogP contribution >= 0.6 is 11.3 Å². The quantitative estimate of drug-likeness (QED) is 0.292. The normalized spacial score (nSPS) is 12.8. The fourth-order valence-electron chi connectivity index (χ4n) is 3.25. The molecule has 0 saturated carbocycles. The zero-order chi connectivity index (χ0) is 22.3. The molecule has 5 heteroatoms. The molecule has 0 aliphatic rings. The first-order valence-corrected chi connectivity index (χ1v) is 11.2. The van der Waals surface area contributed by atoms with Crippen molar-refractivity contribution in [2.75, 3.05) is 14.2 Å². The van der Waals surface area contributed by atoms with E-state index in [-0.39, 0.29) is 12.2 Å². The number of ether oxygens (including phenoxy) is 4. The maximum absolute atomic E-state index is 6.15. The lowest BCUT2D eigenvalue weighted by Gasteiger charge is -2.19. The second kappa shape index (κ2) is 11.1. The smallest absolute Gasteiger partial charge is 0.132 e. The zero-order valence-electron chi connectivity index (χ0n) is 19.4. The Morgan fingerprint density at radius 3 is 2.23 bits per heavy atom. The van der Waals surface area contributed by atoms with E-state index >= 15 is 0 Å². The van der Waals surface area contributed by atoms with Gasteiger partial charge in [0.15, 0.2) is 0 Å².